The van der Waals surface area contributed by atoms with Gasteiger partial charge in [0.25, 0.3) is 0 Å². The van der Waals surface area contributed by atoms with Crippen LogP contribution in [-0.4, -0.2) is 21.7 Å². The number of ether oxygens (including phenoxy) is 2. The van der Waals surface area contributed by atoms with Crippen LogP contribution >= 0.6 is 0 Å². The molecule has 0 spiro atoms. The van der Waals surface area contributed by atoms with E-state index in [4.69, 9.17) is 9.47 Å². The molecular weight excluding hydrogens is 435 g/mol. The second-order valence-electron chi connectivity index (χ2n) is 8.29. The van der Waals surface area contributed by atoms with E-state index in [0.29, 0.717) is 27.7 Å². The molecule has 176 valence electrons. The monoisotopic (exact) mass is 462 g/mol. The lowest BCUT2D eigenvalue weighted by atomic mass is 9.99. The van der Waals surface area contributed by atoms with Crippen LogP contribution in [0, 0.1) is 19.7 Å². The first-order valence-corrected chi connectivity index (χ1v) is 11.1. The Morgan fingerprint density at radius 3 is 2.47 bits per heavy atom. The van der Waals surface area contributed by atoms with E-state index in [1.54, 1.807) is 20.9 Å². The van der Waals surface area contributed by atoms with E-state index in [0.717, 1.165) is 11.1 Å². The fourth-order valence-corrected chi connectivity index (χ4v) is 4.21. The summed E-state index contributed by atoms with van der Waals surface area (Å²) in [7, 11) is 1.64. The highest BCUT2D eigenvalue weighted by molar-refractivity contribution is 5.94. The molecule has 0 radical (unpaired) electrons. The lowest BCUT2D eigenvalue weighted by Crippen LogP contribution is -2.26. The van der Waals surface area contributed by atoms with Gasteiger partial charge in [-0.05, 0) is 67.3 Å². The molecule has 0 bridgehead atoms. The first-order valence-electron chi connectivity index (χ1n) is 11.1. The minimum atomic E-state index is -0.484. The molecule has 0 unspecified atom stereocenters. The summed E-state index contributed by atoms with van der Waals surface area (Å²) in [4.78, 5) is 25.0. The molecule has 4 aromatic rings. The number of carbonyl (C=O) groups excluding carboxylic acids is 1. The third-order valence-electron chi connectivity index (χ3n) is 5.74. The molecule has 0 N–H and O–H groups in total. The lowest BCUT2D eigenvalue weighted by Gasteiger charge is -2.14. The molecule has 6 nitrogen and oxygen atoms in total. The van der Waals surface area contributed by atoms with Crippen LogP contribution in [0.4, 0.5) is 4.39 Å². The van der Waals surface area contributed by atoms with Crippen LogP contribution in [-0.2, 0) is 29.7 Å². The molecule has 0 saturated carbocycles. The van der Waals surface area contributed by atoms with Gasteiger partial charge in [-0.2, -0.15) is 0 Å². The Balaban J connectivity index is 1.78. The van der Waals surface area contributed by atoms with E-state index in [-0.39, 0.29) is 31.2 Å². The number of aromatic nitrogens is 2. The number of imidazole rings is 1. The van der Waals surface area contributed by atoms with Crippen LogP contribution in [0.3, 0.4) is 0 Å². The van der Waals surface area contributed by atoms with Gasteiger partial charge in [-0.25, -0.2) is 9.18 Å². The number of esters is 1. The largest absolute Gasteiger partial charge is 0.486 e. The zero-order valence-corrected chi connectivity index (χ0v) is 19.7. The number of nitrogens with zero attached hydrogens (tertiary/aromatic N) is 2. The predicted molar refractivity (Wildman–Crippen MR) is 129 cm³/mol. The average Bonchev–Trinajstić information content (AvgIpc) is 3.03. The fraction of sp³-hybridized carbons (Fsp3) is 0.259. The third kappa shape index (κ3) is 4.46. The summed E-state index contributed by atoms with van der Waals surface area (Å²) in [6, 6.07) is 16.6. The number of hydrogen-bond donors (Lipinski definition) is 0. The van der Waals surface area contributed by atoms with Gasteiger partial charge in [-0.15, -0.1) is 0 Å². The molecule has 0 aliphatic rings. The van der Waals surface area contributed by atoms with Crippen LogP contribution in [0.1, 0.15) is 23.6 Å². The van der Waals surface area contributed by atoms with Crippen LogP contribution < -0.4 is 10.4 Å². The van der Waals surface area contributed by atoms with Crippen LogP contribution in [0.5, 0.6) is 5.75 Å². The Morgan fingerprint density at radius 2 is 1.79 bits per heavy atom. The van der Waals surface area contributed by atoms with E-state index in [1.807, 2.05) is 55.5 Å². The van der Waals surface area contributed by atoms with Crippen molar-refractivity contribution in [3.05, 3.63) is 87.6 Å². The molecule has 1 heterocycles. The van der Waals surface area contributed by atoms with E-state index in [9.17, 15) is 9.59 Å². The maximum Gasteiger partial charge on any atom is 0.329 e. The van der Waals surface area contributed by atoms with Crippen LogP contribution in [0.2, 0.25) is 0 Å². The normalized spacial score (nSPS) is 11.1. The SMILES string of the molecule is CCOC(=O)Cn1c(=O)n(C)c2c(-c3cc(C)c(OCc4ccccc4)c(F)c3)cc(C)cc21. The number of hydrogen-bond acceptors (Lipinski definition) is 4. The summed E-state index contributed by atoms with van der Waals surface area (Å²) < 4.78 is 28.9. The van der Waals surface area contributed by atoms with Gasteiger partial charge in [0, 0.05) is 12.6 Å². The number of benzene rings is 3. The molecule has 4 rings (SSSR count). The number of carbonyl (C=O) groups is 1. The molecule has 0 aliphatic carbocycles. The summed E-state index contributed by atoms with van der Waals surface area (Å²) >= 11 is 0. The van der Waals surface area contributed by atoms with Crippen LogP contribution in [0.25, 0.3) is 22.2 Å². The number of rotatable bonds is 7. The Labute approximate surface area is 197 Å². The fourth-order valence-electron chi connectivity index (χ4n) is 4.21. The summed E-state index contributed by atoms with van der Waals surface area (Å²) in [5, 5.41) is 0. The zero-order chi connectivity index (χ0) is 24.4. The van der Waals surface area contributed by atoms with Crippen molar-refractivity contribution in [1.82, 2.24) is 9.13 Å². The summed E-state index contributed by atoms with van der Waals surface area (Å²) in [5.41, 5.74) is 4.69. The van der Waals surface area contributed by atoms with Gasteiger partial charge in [-0.1, -0.05) is 30.3 Å². The molecule has 1 aromatic heterocycles. The second kappa shape index (κ2) is 9.55. The summed E-state index contributed by atoms with van der Waals surface area (Å²) in [6.45, 7) is 5.72. The Bertz CT molecular complexity index is 1400. The molecule has 7 heteroatoms. The Kier molecular flexibility index (Phi) is 6.54. The predicted octanol–water partition coefficient (Wildman–Crippen LogP) is 4.91. The van der Waals surface area contributed by atoms with E-state index in [1.165, 1.54) is 15.2 Å². The minimum Gasteiger partial charge on any atom is -0.486 e. The first kappa shape index (κ1) is 23.3. The van der Waals surface area contributed by atoms with Gasteiger partial charge >= 0.3 is 11.7 Å². The number of fused-ring (bicyclic) bond motifs is 1. The van der Waals surface area contributed by atoms with Gasteiger partial charge in [0.15, 0.2) is 11.6 Å². The topological polar surface area (TPSA) is 62.5 Å². The molecule has 34 heavy (non-hydrogen) atoms. The van der Waals surface area contributed by atoms with E-state index < -0.39 is 11.8 Å². The van der Waals surface area contributed by atoms with Crippen molar-refractivity contribution in [3.63, 3.8) is 0 Å². The Morgan fingerprint density at radius 1 is 1.06 bits per heavy atom. The number of halogens is 1. The van der Waals surface area contributed by atoms with E-state index >= 15 is 4.39 Å². The molecule has 3 aromatic carbocycles. The molecule has 0 fully saturated rings. The van der Waals surface area contributed by atoms with Crippen molar-refractivity contribution in [3.8, 4) is 16.9 Å². The first-order chi connectivity index (χ1) is 16.3. The quantitative estimate of drug-likeness (QED) is 0.366. The van der Waals surface area contributed by atoms with Gasteiger partial charge in [0.1, 0.15) is 13.2 Å². The average molecular weight is 463 g/mol. The van der Waals surface area contributed by atoms with Crippen molar-refractivity contribution in [1.29, 1.82) is 0 Å². The van der Waals surface area contributed by atoms with Crippen LogP contribution in [0.15, 0.2) is 59.4 Å². The van der Waals surface area contributed by atoms with Crippen molar-refractivity contribution in [2.75, 3.05) is 6.61 Å². The minimum absolute atomic E-state index is 0.188. The number of aryl methyl sites for hydroxylation is 3. The lowest BCUT2D eigenvalue weighted by molar-refractivity contribution is -0.143. The highest BCUT2D eigenvalue weighted by Crippen LogP contribution is 2.34. The molecule has 0 atom stereocenters. The molecule has 0 amide bonds. The molecule has 0 saturated heterocycles. The van der Waals surface area contributed by atoms with Gasteiger partial charge in [0.05, 0.1) is 17.6 Å². The highest BCUT2D eigenvalue weighted by Gasteiger charge is 2.20. The highest BCUT2D eigenvalue weighted by atomic mass is 19.1. The molecule has 0 aliphatic heterocycles. The second-order valence-corrected chi connectivity index (χ2v) is 8.29. The summed E-state index contributed by atoms with van der Waals surface area (Å²) in [6.07, 6.45) is 0. The van der Waals surface area contributed by atoms with E-state index in [2.05, 4.69) is 0 Å². The Hall–Kier alpha value is -3.87. The van der Waals surface area contributed by atoms with Crippen molar-refractivity contribution in [2.24, 2.45) is 7.05 Å². The smallest absolute Gasteiger partial charge is 0.329 e. The van der Waals surface area contributed by atoms with Gasteiger partial charge in [0.2, 0.25) is 0 Å². The molecular formula is C27H27FN2O4. The van der Waals surface area contributed by atoms with Gasteiger partial charge < -0.3 is 9.47 Å². The van der Waals surface area contributed by atoms with Crippen molar-refractivity contribution < 1.29 is 18.7 Å². The summed E-state index contributed by atoms with van der Waals surface area (Å²) in [5.74, 6) is -0.760. The van der Waals surface area contributed by atoms with Gasteiger partial charge in [-0.3, -0.25) is 13.9 Å². The zero-order valence-electron chi connectivity index (χ0n) is 19.7. The van der Waals surface area contributed by atoms with Crippen molar-refractivity contribution >= 4 is 17.0 Å². The maximum atomic E-state index is 15.2. The standard InChI is InChI=1S/C27H27FN2O4/c1-5-33-24(31)15-30-23-12-17(2)11-21(25(23)29(4)27(30)32)20-13-18(3)26(22(28)14-20)34-16-19-9-7-6-8-10-19/h6-14H,5,15-16H2,1-4H3. The van der Waals surface area contributed by atoms with Crippen molar-refractivity contribution in [2.45, 2.75) is 33.9 Å². The maximum absolute atomic E-state index is 15.2. The third-order valence-corrected chi connectivity index (χ3v) is 5.74.